The molecule has 2 nitrogen and oxygen atoms in total. The average Bonchev–Trinajstić information content (AvgIpc) is 2.80. The summed E-state index contributed by atoms with van der Waals surface area (Å²) in [4.78, 5) is 6.01. The van der Waals surface area contributed by atoms with Gasteiger partial charge in [-0.25, -0.2) is 4.98 Å². The number of rotatable bonds is 4. The Hall–Kier alpha value is -1.19. The zero-order valence-electron chi connectivity index (χ0n) is 11.4. The Balaban J connectivity index is 2.33. The summed E-state index contributed by atoms with van der Waals surface area (Å²) in [7, 11) is 1.99. The minimum absolute atomic E-state index is 0.367. The Labute approximate surface area is 113 Å². The fraction of sp³-hybridized carbons (Fsp3) is 0.400. The van der Waals surface area contributed by atoms with Crippen LogP contribution in [0.25, 0.3) is 10.6 Å². The van der Waals surface area contributed by atoms with Crippen LogP contribution in [0.2, 0.25) is 0 Å². The molecule has 1 aromatic heterocycles. The van der Waals surface area contributed by atoms with Gasteiger partial charge < -0.3 is 5.32 Å². The molecule has 0 aliphatic rings. The van der Waals surface area contributed by atoms with Crippen LogP contribution in [0, 0.1) is 6.92 Å². The molecule has 0 amide bonds. The first kappa shape index (κ1) is 13.2. The molecule has 0 bridgehead atoms. The third-order valence-corrected chi connectivity index (χ3v) is 4.66. The molecule has 18 heavy (non-hydrogen) atoms. The Kier molecular flexibility index (Phi) is 4.15. The van der Waals surface area contributed by atoms with Crippen molar-refractivity contribution in [3.63, 3.8) is 0 Å². The standard InChI is InChI=1S/C15H20N2S/c1-5-12-6-8-13(9-7-12)15-17-11(3)14(18-15)10(2)16-4/h6-10,16H,5H2,1-4H3. The number of hydrogen-bond donors (Lipinski definition) is 1. The monoisotopic (exact) mass is 260 g/mol. The van der Waals surface area contributed by atoms with Gasteiger partial charge in [0.2, 0.25) is 0 Å². The molecule has 1 N–H and O–H groups in total. The van der Waals surface area contributed by atoms with E-state index in [-0.39, 0.29) is 0 Å². The number of nitrogens with one attached hydrogen (secondary N) is 1. The van der Waals surface area contributed by atoms with E-state index in [1.165, 1.54) is 16.0 Å². The van der Waals surface area contributed by atoms with Gasteiger partial charge >= 0.3 is 0 Å². The maximum atomic E-state index is 4.68. The van der Waals surface area contributed by atoms with Gasteiger partial charge in [-0.1, -0.05) is 31.2 Å². The molecule has 96 valence electrons. The van der Waals surface area contributed by atoms with Crippen LogP contribution in [0.1, 0.15) is 36.0 Å². The molecule has 0 fully saturated rings. The van der Waals surface area contributed by atoms with Gasteiger partial charge in [-0.05, 0) is 32.9 Å². The molecule has 1 unspecified atom stereocenters. The lowest BCUT2D eigenvalue weighted by atomic mass is 10.1. The van der Waals surface area contributed by atoms with Crippen molar-refractivity contribution < 1.29 is 0 Å². The maximum Gasteiger partial charge on any atom is 0.123 e. The van der Waals surface area contributed by atoms with Crippen LogP contribution < -0.4 is 5.32 Å². The van der Waals surface area contributed by atoms with Gasteiger partial charge in [0.05, 0.1) is 5.69 Å². The van der Waals surface area contributed by atoms with E-state index in [0.717, 1.165) is 17.1 Å². The van der Waals surface area contributed by atoms with Crippen molar-refractivity contribution in [2.24, 2.45) is 0 Å². The molecular weight excluding hydrogens is 240 g/mol. The number of hydrogen-bond acceptors (Lipinski definition) is 3. The Morgan fingerprint density at radius 2 is 1.94 bits per heavy atom. The molecule has 0 radical (unpaired) electrons. The first-order valence-electron chi connectivity index (χ1n) is 6.39. The maximum absolute atomic E-state index is 4.68. The second-order valence-electron chi connectivity index (χ2n) is 4.53. The molecule has 0 saturated carbocycles. The number of thiazole rings is 1. The fourth-order valence-corrected chi connectivity index (χ4v) is 3.08. The molecule has 3 heteroatoms. The third-order valence-electron chi connectivity index (χ3n) is 3.27. The highest BCUT2D eigenvalue weighted by Gasteiger charge is 2.13. The molecule has 0 saturated heterocycles. The first-order chi connectivity index (χ1) is 8.65. The number of aryl methyl sites for hydroxylation is 2. The van der Waals surface area contributed by atoms with Crippen molar-refractivity contribution in [2.75, 3.05) is 7.05 Å². The summed E-state index contributed by atoms with van der Waals surface area (Å²) in [6, 6.07) is 9.09. The molecular formula is C15H20N2S. The van der Waals surface area contributed by atoms with Crippen molar-refractivity contribution >= 4 is 11.3 Å². The summed E-state index contributed by atoms with van der Waals surface area (Å²) in [6.45, 7) is 6.43. The zero-order valence-corrected chi connectivity index (χ0v) is 12.3. The topological polar surface area (TPSA) is 24.9 Å². The summed E-state index contributed by atoms with van der Waals surface area (Å²) in [6.07, 6.45) is 1.08. The molecule has 1 heterocycles. The smallest absolute Gasteiger partial charge is 0.123 e. The Morgan fingerprint density at radius 1 is 1.28 bits per heavy atom. The lowest BCUT2D eigenvalue weighted by Gasteiger charge is -2.06. The second-order valence-corrected chi connectivity index (χ2v) is 5.56. The van der Waals surface area contributed by atoms with E-state index in [0.29, 0.717) is 6.04 Å². The first-order valence-corrected chi connectivity index (χ1v) is 7.21. The van der Waals surface area contributed by atoms with Crippen LogP contribution >= 0.6 is 11.3 Å². The Bertz CT molecular complexity index is 514. The molecule has 1 aromatic carbocycles. The van der Waals surface area contributed by atoms with Crippen molar-refractivity contribution in [3.8, 4) is 10.6 Å². The highest BCUT2D eigenvalue weighted by atomic mass is 32.1. The van der Waals surface area contributed by atoms with Gasteiger partial charge in [0, 0.05) is 16.5 Å². The minimum Gasteiger partial charge on any atom is -0.312 e. The van der Waals surface area contributed by atoms with Crippen molar-refractivity contribution in [3.05, 3.63) is 40.4 Å². The quantitative estimate of drug-likeness (QED) is 0.900. The minimum atomic E-state index is 0.367. The van der Waals surface area contributed by atoms with E-state index < -0.39 is 0 Å². The van der Waals surface area contributed by atoms with Crippen molar-refractivity contribution in [1.82, 2.24) is 10.3 Å². The highest BCUT2D eigenvalue weighted by Crippen LogP contribution is 2.31. The van der Waals surface area contributed by atoms with E-state index in [9.17, 15) is 0 Å². The molecule has 0 aliphatic heterocycles. The van der Waals surface area contributed by atoms with Crippen LogP contribution in [-0.4, -0.2) is 12.0 Å². The summed E-state index contributed by atoms with van der Waals surface area (Å²) in [5, 5.41) is 4.39. The largest absolute Gasteiger partial charge is 0.312 e. The van der Waals surface area contributed by atoms with Gasteiger partial charge in [0.25, 0.3) is 0 Å². The predicted molar refractivity (Wildman–Crippen MR) is 79.1 cm³/mol. The SMILES string of the molecule is CCc1ccc(-c2nc(C)c(C(C)NC)s2)cc1. The summed E-state index contributed by atoms with van der Waals surface area (Å²) < 4.78 is 0. The molecule has 0 aliphatic carbocycles. The fourth-order valence-electron chi connectivity index (χ4n) is 1.95. The van der Waals surface area contributed by atoms with Gasteiger partial charge in [-0.2, -0.15) is 0 Å². The normalized spacial score (nSPS) is 12.7. The predicted octanol–water partition coefficient (Wildman–Crippen LogP) is 3.96. The lowest BCUT2D eigenvalue weighted by Crippen LogP contribution is -2.11. The van der Waals surface area contributed by atoms with Gasteiger partial charge in [-0.15, -0.1) is 11.3 Å². The number of nitrogens with zero attached hydrogens (tertiary/aromatic N) is 1. The van der Waals surface area contributed by atoms with Crippen molar-refractivity contribution in [1.29, 1.82) is 0 Å². The van der Waals surface area contributed by atoms with Crippen LogP contribution in [0.3, 0.4) is 0 Å². The van der Waals surface area contributed by atoms with E-state index in [1.807, 2.05) is 7.05 Å². The molecule has 0 spiro atoms. The summed E-state index contributed by atoms with van der Waals surface area (Å²) >= 11 is 1.79. The highest BCUT2D eigenvalue weighted by molar-refractivity contribution is 7.15. The van der Waals surface area contributed by atoms with Gasteiger partial charge in [0.1, 0.15) is 5.01 Å². The van der Waals surface area contributed by atoms with Gasteiger partial charge in [-0.3, -0.25) is 0 Å². The second kappa shape index (κ2) is 5.63. The molecule has 2 rings (SSSR count). The summed E-state index contributed by atoms with van der Waals surface area (Å²) in [5.74, 6) is 0. The third kappa shape index (κ3) is 2.62. The van der Waals surface area contributed by atoms with Gasteiger partial charge in [0.15, 0.2) is 0 Å². The zero-order chi connectivity index (χ0) is 13.1. The summed E-state index contributed by atoms with van der Waals surface area (Å²) in [5.41, 5.74) is 3.72. The molecule has 2 aromatic rings. The Morgan fingerprint density at radius 3 is 2.50 bits per heavy atom. The van der Waals surface area contributed by atoms with Crippen molar-refractivity contribution in [2.45, 2.75) is 33.2 Å². The van der Waals surface area contributed by atoms with E-state index >= 15 is 0 Å². The number of aromatic nitrogens is 1. The lowest BCUT2D eigenvalue weighted by molar-refractivity contribution is 0.658. The van der Waals surface area contributed by atoms with Crippen LogP contribution in [-0.2, 0) is 6.42 Å². The van der Waals surface area contributed by atoms with E-state index in [1.54, 1.807) is 11.3 Å². The van der Waals surface area contributed by atoms with E-state index in [2.05, 4.69) is 55.3 Å². The molecule has 1 atom stereocenters. The number of benzene rings is 1. The van der Waals surface area contributed by atoms with E-state index in [4.69, 9.17) is 0 Å². The van der Waals surface area contributed by atoms with Crippen LogP contribution in [0.15, 0.2) is 24.3 Å². The van der Waals surface area contributed by atoms with Crippen LogP contribution in [0.5, 0.6) is 0 Å². The average molecular weight is 260 g/mol. The van der Waals surface area contributed by atoms with Crippen LogP contribution in [0.4, 0.5) is 0 Å².